The molecule has 1 N–H and O–H groups in total. The third kappa shape index (κ3) is 3.70. The highest BCUT2D eigenvalue weighted by molar-refractivity contribution is 5.62. The van der Waals surface area contributed by atoms with E-state index in [1.54, 1.807) is 19.2 Å². The normalized spacial score (nSPS) is 11.3. The maximum absolute atomic E-state index is 10.9. The molecule has 0 heterocycles. The minimum absolute atomic E-state index is 0.0768. The fourth-order valence-electron chi connectivity index (χ4n) is 1.41. The molecule has 0 saturated heterocycles. The van der Waals surface area contributed by atoms with E-state index in [9.17, 15) is 10.1 Å². The zero-order valence-corrected chi connectivity index (χ0v) is 11.3. The zero-order chi connectivity index (χ0) is 13.8. The van der Waals surface area contributed by atoms with Gasteiger partial charge in [0.2, 0.25) is 0 Å². The highest BCUT2D eigenvalue weighted by atomic mass is 16.6. The molecule has 0 aromatic heterocycles. The van der Waals surface area contributed by atoms with Gasteiger partial charge in [-0.05, 0) is 31.9 Å². The first kappa shape index (κ1) is 14.4. The van der Waals surface area contributed by atoms with E-state index in [2.05, 4.69) is 5.32 Å². The summed E-state index contributed by atoms with van der Waals surface area (Å²) in [5, 5.41) is 13.7. The van der Waals surface area contributed by atoms with E-state index in [0.717, 1.165) is 12.0 Å². The maximum Gasteiger partial charge on any atom is 0.292 e. The standard InChI is InChI=1S/C13H20N2O3/c1-5-13(2,3)18-9-10-6-7-11(14-4)12(8-10)15(16)17/h6-8,14H,5,9H2,1-4H3. The Morgan fingerprint density at radius 1 is 1.44 bits per heavy atom. The second-order valence-electron chi connectivity index (χ2n) is 4.76. The number of ether oxygens (including phenoxy) is 1. The summed E-state index contributed by atoms with van der Waals surface area (Å²) in [4.78, 5) is 10.5. The number of rotatable bonds is 6. The van der Waals surface area contributed by atoms with Crippen LogP contribution in [0.2, 0.25) is 0 Å². The Balaban J connectivity index is 2.86. The van der Waals surface area contributed by atoms with Crippen LogP contribution in [0.3, 0.4) is 0 Å². The summed E-state index contributed by atoms with van der Waals surface area (Å²) in [5.74, 6) is 0. The maximum atomic E-state index is 10.9. The van der Waals surface area contributed by atoms with Crippen LogP contribution in [0.15, 0.2) is 18.2 Å². The van der Waals surface area contributed by atoms with E-state index in [-0.39, 0.29) is 16.2 Å². The molecule has 0 saturated carbocycles. The van der Waals surface area contributed by atoms with Crippen LogP contribution in [0.5, 0.6) is 0 Å². The topological polar surface area (TPSA) is 64.4 Å². The van der Waals surface area contributed by atoms with Crippen LogP contribution in [0.25, 0.3) is 0 Å². The summed E-state index contributed by atoms with van der Waals surface area (Å²) in [7, 11) is 1.67. The molecule has 0 amide bonds. The summed E-state index contributed by atoms with van der Waals surface area (Å²) >= 11 is 0. The molecule has 18 heavy (non-hydrogen) atoms. The Labute approximate surface area is 107 Å². The van der Waals surface area contributed by atoms with Crippen molar-refractivity contribution in [3.05, 3.63) is 33.9 Å². The van der Waals surface area contributed by atoms with Crippen molar-refractivity contribution in [2.24, 2.45) is 0 Å². The quantitative estimate of drug-likeness (QED) is 0.623. The van der Waals surface area contributed by atoms with Crippen molar-refractivity contribution in [3.63, 3.8) is 0 Å². The van der Waals surface area contributed by atoms with Crippen molar-refractivity contribution < 1.29 is 9.66 Å². The highest BCUT2D eigenvalue weighted by Crippen LogP contribution is 2.26. The average Bonchev–Trinajstić information content (AvgIpc) is 2.36. The van der Waals surface area contributed by atoms with Gasteiger partial charge in [-0.2, -0.15) is 0 Å². The average molecular weight is 252 g/mol. The van der Waals surface area contributed by atoms with Crippen molar-refractivity contribution in [1.82, 2.24) is 0 Å². The van der Waals surface area contributed by atoms with Crippen molar-refractivity contribution in [2.75, 3.05) is 12.4 Å². The van der Waals surface area contributed by atoms with Crippen LogP contribution in [0, 0.1) is 10.1 Å². The SMILES string of the molecule is CCC(C)(C)OCc1ccc(NC)c([N+](=O)[O-])c1. The predicted molar refractivity (Wildman–Crippen MR) is 71.8 cm³/mol. The molecule has 0 aliphatic rings. The molecule has 0 atom stereocenters. The molecule has 1 aromatic carbocycles. The third-order valence-corrected chi connectivity index (χ3v) is 3.01. The van der Waals surface area contributed by atoms with Crippen molar-refractivity contribution in [1.29, 1.82) is 0 Å². The second-order valence-corrected chi connectivity index (χ2v) is 4.76. The van der Waals surface area contributed by atoms with Gasteiger partial charge >= 0.3 is 0 Å². The molecule has 100 valence electrons. The van der Waals surface area contributed by atoms with Crippen molar-refractivity contribution in [3.8, 4) is 0 Å². The van der Waals surface area contributed by atoms with Gasteiger partial charge < -0.3 is 10.1 Å². The van der Waals surface area contributed by atoms with Gasteiger partial charge in [0.05, 0.1) is 17.1 Å². The minimum atomic E-state index is -0.389. The Bertz CT molecular complexity index is 430. The number of nitrogens with one attached hydrogen (secondary N) is 1. The van der Waals surface area contributed by atoms with Crippen LogP contribution < -0.4 is 5.32 Å². The van der Waals surface area contributed by atoms with Crippen LogP contribution in [0.4, 0.5) is 11.4 Å². The number of benzene rings is 1. The lowest BCUT2D eigenvalue weighted by Crippen LogP contribution is -2.22. The van der Waals surface area contributed by atoms with Crippen LogP contribution in [0.1, 0.15) is 32.8 Å². The van der Waals surface area contributed by atoms with Gasteiger partial charge in [0.15, 0.2) is 0 Å². The summed E-state index contributed by atoms with van der Waals surface area (Å²) in [6.07, 6.45) is 0.893. The number of hydrogen-bond acceptors (Lipinski definition) is 4. The van der Waals surface area contributed by atoms with E-state index < -0.39 is 0 Å². The smallest absolute Gasteiger partial charge is 0.292 e. The first-order valence-electron chi connectivity index (χ1n) is 5.98. The Morgan fingerprint density at radius 3 is 2.61 bits per heavy atom. The zero-order valence-electron chi connectivity index (χ0n) is 11.3. The summed E-state index contributed by atoms with van der Waals surface area (Å²) in [5.41, 5.74) is 1.19. The first-order valence-corrected chi connectivity index (χ1v) is 5.98. The number of nitrogens with zero attached hydrogens (tertiary/aromatic N) is 1. The lowest BCUT2D eigenvalue weighted by molar-refractivity contribution is -0.384. The molecule has 0 unspecified atom stereocenters. The molecule has 1 aromatic rings. The van der Waals surface area contributed by atoms with Crippen LogP contribution in [-0.2, 0) is 11.3 Å². The van der Waals surface area contributed by atoms with Gasteiger partial charge in [0, 0.05) is 13.1 Å². The molecule has 0 spiro atoms. The molecule has 5 heteroatoms. The molecule has 0 bridgehead atoms. The van der Waals surface area contributed by atoms with Gasteiger partial charge in [-0.3, -0.25) is 10.1 Å². The molecule has 0 aliphatic heterocycles. The third-order valence-electron chi connectivity index (χ3n) is 3.01. The van der Waals surface area contributed by atoms with Gasteiger partial charge in [-0.25, -0.2) is 0 Å². The second kappa shape index (κ2) is 5.82. The van der Waals surface area contributed by atoms with Gasteiger partial charge in [-0.15, -0.1) is 0 Å². The summed E-state index contributed by atoms with van der Waals surface area (Å²) < 4.78 is 5.73. The van der Waals surface area contributed by atoms with E-state index in [1.807, 2.05) is 26.8 Å². The summed E-state index contributed by atoms with van der Waals surface area (Å²) in [6, 6.07) is 5.10. The minimum Gasteiger partial charge on any atom is -0.383 e. The summed E-state index contributed by atoms with van der Waals surface area (Å²) in [6.45, 7) is 6.44. The Hall–Kier alpha value is -1.62. The van der Waals surface area contributed by atoms with Gasteiger partial charge in [0.1, 0.15) is 5.69 Å². The molecule has 0 aliphatic carbocycles. The molecule has 1 rings (SSSR count). The monoisotopic (exact) mass is 252 g/mol. The largest absolute Gasteiger partial charge is 0.383 e. The lowest BCUT2D eigenvalue weighted by Gasteiger charge is -2.23. The van der Waals surface area contributed by atoms with E-state index in [0.29, 0.717) is 12.3 Å². The van der Waals surface area contributed by atoms with Crippen molar-refractivity contribution >= 4 is 11.4 Å². The molecule has 0 fully saturated rings. The molecular weight excluding hydrogens is 232 g/mol. The highest BCUT2D eigenvalue weighted by Gasteiger charge is 2.17. The number of anilines is 1. The Kier molecular flexibility index (Phi) is 4.67. The van der Waals surface area contributed by atoms with Crippen molar-refractivity contribution in [2.45, 2.75) is 39.4 Å². The van der Waals surface area contributed by atoms with Crippen LogP contribution in [-0.4, -0.2) is 17.6 Å². The number of nitro benzene ring substituents is 1. The lowest BCUT2D eigenvalue weighted by atomic mass is 10.1. The molecule has 5 nitrogen and oxygen atoms in total. The Morgan fingerprint density at radius 2 is 2.11 bits per heavy atom. The fourth-order valence-corrected chi connectivity index (χ4v) is 1.41. The van der Waals surface area contributed by atoms with E-state index in [1.165, 1.54) is 0 Å². The fraction of sp³-hybridized carbons (Fsp3) is 0.538. The molecule has 0 radical (unpaired) electrons. The number of hydrogen-bond donors (Lipinski definition) is 1. The first-order chi connectivity index (χ1) is 8.39. The predicted octanol–water partition coefficient (Wildman–Crippen LogP) is 3.34. The molecular formula is C13H20N2O3. The van der Waals surface area contributed by atoms with E-state index in [4.69, 9.17) is 4.74 Å². The van der Waals surface area contributed by atoms with E-state index >= 15 is 0 Å². The van der Waals surface area contributed by atoms with Crippen LogP contribution >= 0.6 is 0 Å². The number of nitro groups is 1. The van der Waals surface area contributed by atoms with Gasteiger partial charge in [0.25, 0.3) is 5.69 Å². The van der Waals surface area contributed by atoms with Gasteiger partial charge in [-0.1, -0.05) is 13.0 Å².